The highest BCUT2D eigenvalue weighted by Gasteiger charge is 2.45. The molecule has 1 aliphatic heterocycles. The van der Waals surface area contributed by atoms with Gasteiger partial charge in [0, 0.05) is 21.7 Å². The number of hydrogen-bond donors (Lipinski definition) is 0. The Balaban J connectivity index is 0.850. The normalized spacial score (nSPS) is 18.8. The molecule has 0 atom stereocenters. The molecule has 1 heteroatoms. The van der Waals surface area contributed by atoms with Crippen LogP contribution >= 0.6 is 0 Å². The average Bonchev–Trinajstić information content (AvgIpc) is 3.94. The van der Waals surface area contributed by atoms with Crippen LogP contribution in [0.1, 0.15) is 111 Å². The largest absolute Gasteiger partial charge is 0.113 e. The van der Waals surface area contributed by atoms with Crippen LogP contribution in [-0.4, -0.2) is 8.07 Å². The van der Waals surface area contributed by atoms with E-state index in [9.17, 15) is 0 Å². The minimum atomic E-state index is -2.07. The molecule has 63 heavy (non-hydrogen) atoms. The summed E-state index contributed by atoms with van der Waals surface area (Å²) in [5.41, 5.74) is 25.4. The molecular weight excluding hydrogens is 773 g/mol. The quantitative estimate of drug-likeness (QED) is 0.152. The van der Waals surface area contributed by atoms with Crippen LogP contribution in [0, 0.1) is 0 Å². The van der Waals surface area contributed by atoms with Gasteiger partial charge in [-0.2, -0.15) is 0 Å². The first-order valence-electron chi connectivity index (χ1n) is 23.2. The highest BCUT2D eigenvalue weighted by atomic mass is 28.3. The van der Waals surface area contributed by atoms with Gasteiger partial charge in [-0.3, -0.25) is 0 Å². The summed E-state index contributed by atoms with van der Waals surface area (Å²) in [4.78, 5) is 0. The molecule has 8 aromatic carbocycles. The second kappa shape index (κ2) is 11.8. The molecule has 0 radical (unpaired) electrons. The molecule has 0 amide bonds. The lowest BCUT2D eigenvalue weighted by Gasteiger charge is -2.28. The first-order valence-corrected chi connectivity index (χ1v) is 26.2. The third kappa shape index (κ3) is 4.57. The van der Waals surface area contributed by atoms with Gasteiger partial charge in [-0.05, 0) is 156 Å². The van der Waals surface area contributed by atoms with Crippen LogP contribution in [0.4, 0.5) is 0 Å². The van der Waals surface area contributed by atoms with Crippen LogP contribution in [0.15, 0.2) is 146 Å². The molecule has 1 heterocycles. The number of hydrogen-bond acceptors (Lipinski definition) is 0. The van der Waals surface area contributed by atoms with E-state index in [0.717, 1.165) is 0 Å². The zero-order chi connectivity index (χ0) is 43.3. The Morgan fingerprint density at radius 3 is 1.10 bits per heavy atom. The van der Waals surface area contributed by atoms with Crippen LogP contribution in [-0.2, 0) is 21.7 Å². The fraction of sp³-hybridized carbons (Fsp3) is 0.226. The predicted molar refractivity (Wildman–Crippen MR) is 272 cm³/mol. The molecule has 0 N–H and O–H groups in total. The highest BCUT2D eigenvalue weighted by molar-refractivity contribution is 7.09. The molecule has 0 aromatic heterocycles. The van der Waals surface area contributed by atoms with Crippen molar-refractivity contribution in [1.29, 1.82) is 0 Å². The fourth-order valence-electron chi connectivity index (χ4n) is 13.4. The second-order valence-corrected chi connectivity index (χ2v) is 26.4. The number of allylic oxidation sites excluding steroid dienone is 2. The van der Waals surface area contributed by atoms with Crippen molar-refractivity contribution in [2.75, 3.05) is 0 Å². The topological polar surface area (TPSA) is 0 Å². The van der Waals surface area contributed by atoms with Gasteiger partial charge in [-0.15, -0.1) is 0 Å². The van der Waals surface area contributed by atoms with E-state index in [1.54, 1.807) is 0 Å². The summed E-state index contributed by atoms with van der Waals surface area (Å²) in [5, 5.41) is 8.43. The molecule has 0 nitrogen and oxygen atoms in total. The van der Waals surface area contributed by atoms with E-state index < -0.39 is 8.07 Å². The van der Waals surface area contributed by atoms with E-state index in [1.807, 2.05) is 0 Å². The van der Waals surface area contributed by atoms with Gasteiger partial charge >= 0.3 is 0 Å². The monoisotopic (exact) mass is 826 g/mol. The number of benzene rings is 8. The summed E-state index contributed by atoms with van der Waals surface area (Å²) in [6.45, 7) is 24.6. The Morgan fingerprint density at radius 1 is 0.317 bits per heavy atom. The maximum atomic E-state index is 2.57. The van der Waals surface area contributed by atoms with Gasteiger partial charge in [-0.1, -0.05) is 190 Å². The third-order valence-corrected chi connectivity index (χ3v) is 20.7. The molecule has 5 aliphatic rings. The highest BCUT2D eigenvalue weighted by Crippen LogP contribution is 2.60. The van der Waals surface area contributed by atoms with Gasteiger partial charge in [0.25, 0.3) is 0 Å². The Bertz CT molecular complexity index is 3290. The minimum absolute atomic E-state index is 0.0585. The summed E-state index contributed by atoms with van der Waals surface area (Å²) in [6, 6.07) is 52.4. The molecule has 0 saturated heterocycles. The van der Waals surface area contributed by atoms with E-state index in [4.69, 9.17) is 0 Å². The Hall–Kier alpha value is -6.02. The molecule has 0 fully saturated rings. The standard InChI is InChI=1S/C62H54Si/c1-59(2)47-25-21-35-15-11-13-17-39(35)57(47)45-33-51-43(31-53(45)59)41-23-19-37(29-49(41)61(51,5)6)55-27-28-56(63(55,9)10)38-20-24-42-44-32-54-46(34-52(44)62(7,8)50(42)30-38)58-40-18-14-12-16-36(40)22-26-48(58)60(54,3)4/h11-34H,1-10H3. The third-order valence-electron chi connectivity index (χ3n) is 17.1. The molecule has 4 aliphatic carbocycles. The van der Waals surface area contributed by atoms with Crippen molar-refractivity contribution in [1.82, 2.24) is 0 Å². The van der Waals surface area contributed by atoms with Gasteiger partial charge in [0.05, 0.1) is 0 Å². The smallest absolute Gasteiger partial charge is 0.0621 e. The first-order chi connectivity index (χ1) is 30.0. The van der Waals surface area contributed by atoms with Crippen molar-refractivity contribution < 1.29 is 0 Å². The van der Waals surface area contributed by atoms with E-state index >= 15 is 0 Å². The van der Waals surface area contributed by atoms with Crippen molar-refractivity contribution in [2.24, 2.45) is 0 Å². The summed E-state index contributed by atoms with van der Waals surface area (Å²) >= 11 is 0. The fourth-order valence-corrected chi connectivity index (χ4v) is 16.5. The van der Waals surface area contributed by atoms with Gasteiger partial charge in [0.2, 0.25) is 0 Å². The summed E-state index contributed by atoms with van der Waals surface area (Å²) in [6.07, 6.45) is 4.94. The van der Waals surface area contributed by atoms with Crippen LogP contribution < -0.4 is 0 Å². The molecule has 0 spiro atoms. The van der Waals surface area contributed by atoms with Crippen molar-refractivity contribution in [3.05, 3.63) is 201 Å². The summed E-state index contributed by atoms with van der Waals surface area (Å²) in [7, 11) is -2.07. The van der Waals surface area contributed by atoms with Crippen LogP contribution in [0.2, 0.25) is 13.1 Å². The van der Waals surface area contributed by atoms with Crippen molar-refractivity contribution >= 4 is 40.0 Å². The molecule has 0 bridgehead atoms. The molecule has 8 aromatic rings. The lowest BCUT2D eigenvalue weighted by Crippen LogP contribution is -2.28. The SMILES string of the molecule is CC1(C)c2cc(C3=CC=C(c4ccc5c(c4)C(C)(C)c4cc6c(cc4-5)C(C)(C)c4ccc5ccccc5c4-6)[Si]3(C)C)ccc2-c2cc3c(cc21)-c1c(ccc2ccccc12)C3(C)C. The predicted octanol–water partition coefficient (Wildman–Crippen LogP) is 16.5. The van der Waals surface area contributed by atoms with Crippen molar-refractivity contribution in [3.8, 4) is 44.5 Å². The number of fused-ring (bicyclic) bond motifs is 16. The lowest BCUT2D eigenvalue weighted by atomic mass is 9.79. The second-order valence-electron chi connectivity index (χ2n) is 22.1. The Kier molecular flexibility index (Phi) is 7.00. The first kappa shape index (κ1) is 37.5. The molecular formula is C62H54Si. The zero-order valence-electron chi connectivity index (χ0n) is 38.4. The summed E-state index contributed by atoms with van der Waals surface area (Å²) < 4.78 is 0. The van der Waals surface area contributed by atoms with E-state index in [2.05, 4.69) is 214 Å². The average molecular weight is 827 g/mol. The Morgan fingerprint density at radius 2 is 0.667 bits per heavy atom. The summed E-state index contributed by atoms with van der Waals surface area (Å²) in [5.74, 6) is 0. The van der Waals surface area contributed by atoms with Crippen molar-refractivity contribution in [2.45, 2.75) is 90.1 Å². The number of rotatable bonds is 2. The van der Waals surface area contributed by atoms with Gasteiger partial charge in [0.15, 0.2) is 0 Å². The molecule has 0 unspecified atom stereocenters. The molecule has 306 valence electrons. The molecule has 13 rings (SSSR count). The lowest BCUT2D eigenvalue weighted by molar-refractivity contribution is 0.652. The van der Waals surface area contributed by atoms with E-state index in [0.29, 0.717) is 0 Å². The van der Waals surface area contributed by atoms with Crippen LogP contribution in [0.3, 0.4) is 0 Å². The zero-order valence-corrected chi connectivity index (χ0v) is 39.4. The van der Waals surface area contributed by atoms with E-state index in [1.165, 1.54) is 132 Å². The molecule has 0 saturated carbocycles. The van der Waals surface area contributed by atoms with E-state index in [-0.39, 0.29) is 21.7 Å². The van der Waals surface area contributed by atoms with Crippen molar-refractivity contribution in [3.63, 3.8) is 0 Å². The van der Waals surface area contributed by atoms with Gasteiger partial charge in [-0.25, -0.2) is 0 Å². The van der Waals surface area contributed by atoms with Crippen LogP contribution in [0.25, 0.3) is 76.4 Å². The van der Waals surface area contributed by atoms with Gasteiger partial charge < -0.3 is 0 Å². The van der Waals surface area contributed by atoms with Crippen LogP contribution in [0.5, 0.6) is 0 Å². The maximum absolute atomic E-state index is 2.57. The Labute approximate surface area is 374 Å². The minimum Gasteiger partial charge on any atom is -0.0621 e. The maximum Gasteiger partial charge on any atom is 0.113 e. The van der Waals surface area contributed by atoms with Gasteiger partial charge in [0.1, 0.15) is 8.07 Å².